The highest BCUT2D eigenvalue weighted by Gasteiger charge is 2.63. The Kier molecular flexibility index (Phi) is 9.70. The van der Waals surface area contributed by atoms with Crippen LogP contribution in [0, 0.1) is 5.41 Å². The van der Waals surface area contributed by atoms with E-state index in [1.165, 1.54) is 0 Å². The molecule has 0 aromatic heterocycles. The van der Waals surface area contributed by atoms with E-state index in [-0.39, 0.29) is 38.6 Å². The predicted molar refractivity (Wildman–Crippen MR) is 150 cm³/mol. The largest absolute Gasteiger partial charge is 0.491 e. The van der Waals surface area contributed by atoms with Crippen molar-refractivity contribution in [1.29, 1.82) is 0 Å². The fourth-order valence-corrected chi connectivity index (χ4v) is 6.11. The molecule has 0 aliphatic carbocycles. The molecule has 1 spiro atoms. The number of carbonyl (C=O) groups is 2. The minimum Gasteiger partial charge on any atom is -0.491 e. The molecule has 3 heterocycles. The maximum Gasteiger partial charge on any atom is 0.328 e. The van der Waals surface area contributed by atoms with Crippen LogP contribution in [0.2, 0.25) is 0 Å². The summed E-state index contributed by atoms with van der Waals surface area (Å²) >= 11 is 0. The number of epoxide rings is 1. The molecule has 3 aliphatic rings. The van der Waals surface area contributed by atoms with E-state index >= 15 is 0 Å². The van der Waals surface area contributed by atoms with Gasteiger partial charge in [0.05, 0.1) is 38.6 Å². The number of hydroxylamine groups is 2. The Balaban J connectivity index is 1.51. The van der Waals surface area contributed by atoms with E-state index < -0.39 is 34.2 Å². The van der Waals surface area contributed by atoms with Crippen LogP contribution in [0.5, 0.6) is 5.75 Å². The molecule has 0 amide bonds. The van der Waals surface area contributed by atoms with Crippen LogP contribution in [0.15, 0.2) is 24.3 Å². The lowest BCUT2D eigenvalue weighted by Gasteiger charge is -2.61. The van der Waals surface area contributed by atoms with Gasteiger partial charge in [-0.2, -0.15) is 5.06 Å². The maximum absolute atomic E-state index is 12.9. The molecule has 4 rings (SSSR count). The highest BCUT2D eigenvalue weighted by Crippen LogP contribution is 2.52. The minimum atomic E-state index is -1.65. The number of rotatable bonds is 12. The van der Waals surface area contributed by atoms with Crippen molar-refractivity contribution in [3.05, 3.63) is 29.8 Å². The van der Waals surface area contributed by atoms with Crippen molar-refractivity contribution in [3.8, 4) is 5.75 Å². The third-order valence-electron chi connectivity index (χ3n) is 8.54. The summed E-state index contributed by atoms with van der Waals surface area (Å²) in [5.74, 6) is -1.56. The molecular formula is C31H47NO9. The first-order chi connectivity index (χ1) is 19.5. The van der Waals surface area contributed by atoms with Crippen LogP contribution in [0.1, 0.15) is 85.8 Å². The van der Waals surface area contributed by atoms with Crippen LogP contribution in [0.25, 0.3) is 0 Å². The van der Waals surface area contributed by atoms with E-state index in [0.717, 1.165) is 30.8 Å². The molecule has 41 heavy (non-hydrogen) atoms. The molecule has 1 aromatic carbocycles. The summed E-state index contributed by atoms with van der Waals surface area (Å²) in [6.45, 7) is 15.2. The van der Waals surface area contributed by atoms with Gasteiger partial charge in [0.1, 0.15) is 24.6 Å². The summed E-state index contributed by atoms with van der Waals surface area (Å²) in [6.07, 6.45) is 2.56. The highest BCUT2D eigenvalue weighted by molar-refractivity contribution is 6.00. The molecule has 3 aliphatic heterocycles. The van der Waals surface area contributed by atoms with E-state index in [0.29, 0.717) is 19.4 Å². The van der Waals surface area contributed by atoms with Crippen LogP contribution in [0.4, 0.5) is 0 Å². The van der Waals surface area contributed by atoms with E-state index in [9.17, 15) is 9.59 Å². The third-order valence-corrected chi connectivity index (χ3v) is 8.54. The molecule has 2 unspecified atom stereocenters. The summed E-state index contributed by atoms with van der Waals surface area (Å²) < 4.78 is 34.3. The van der Waals surface area contributed by atoms with Gasteiger partial charge in [0.2, 0.25) is 5.41 Å². The Labute approximate surface area is 243 Å². The van der Waals surface area contributed by atoms with Gasteiger partial charge in [-0.1, -0.05) is 26.0 Å². The van der Waals surface area contributed by atoms with Crippen LogP contribution in [-0.4, -0.2) is 79.6 Å². The number of ether oxygens (including phenoxy) is 6. The molecule has 0 radical (unpaired) electrons. The van der Waals surface area contributed by atoms with E-state index in [2.05, 4.69) is 32.8 Å². The maximum atomic E-state index is 12.9. The zero-order chi connectivity index (χ0) is 29.9. The molecular weight excluding hydrogens is 530 g/mol. The second-order valence-electron chi connectivity index (χ2n) is 12.0. The van der Waals surface area contributed by atoms with Gasteiger partial charge in [0.15, 0.2) is 5.79 Å². The normalized spacial score (nSPS) is 24.8. The molecule has 3 fully saturated rings. The number of carbonyl (C=O) groups excluding carboxylic acids is 2. The molecule has 0 N–H and O–H groups in total. The third kappa shape index (κ3) is 6.57. The lowest BCUT2D eigenvalue weighted by molar-refractivity contribution is -0.392. The number of hydrogen-bond acceptors (Lipinski definition) is 10. The van der Waals surface area contributed by atoms with Crippen molar-refractivity contribution in [2.45, 2.75) is 103 Å². The fourth-order valence-electron chi connectivity index (χ4n) is 6.11. The summed E-state index contributed by atoms with van der Waals surface area (Å²) in [4.78, 5) is 32.7. The van der Waals surface area contributed by atoms with Gasteiger partial charge in [0.25, 0.3) is 0 Å². The summed E-state index contributed by atoms with van der Waals surface area (Å²) in [5, 5.41) is 2.13. The highest BCUT2D eigenvalue weighted by atomic mass is 16.7. The number of esters is 2. The van der Waals surface area contributed by atoms with Crippen LogP contribution in [-0.2, 0) is 38.1 Å². The van der Waals surface area contributed by atoms with Crippen molar-refractivity contribution < 1.29 is 42.8 Å². The Hall–Kier alpha value is -2.24. The van der Waals surface area contributed by atoms with Gasteiger partial charge >= 0.3 is 11.9 Å². The average Bonchev–Trinajstić information content (AvgIpc) is 3.79. The first kappa shape index (κ1) is 31.7. The molecule has 10 heteroatoms. The molecule has 0 bridgehead atoms. The van der Waals surface area contributed by atoms with Gasteiger partial charge in [-0.3, -0.25) is 14.4 Å². The predicted octanol–water partition coefficient (Wildman–Crippen LogP) is 4.75. The zero-order valence-corrected chi connectivity index (χ0v) is 25.7. The lowest BCUT2D eigenvalue weighted by Crippen LogP contribution is -2.70. The topological polar surface area (TPSA) is 105 Å². The number of benzene rings is 1. The number of hydrogen-bond donors (Lipinski definition) is 0. The van der Waals surface area contributed by atoms with Gasteiger partial charge in [-0.05, 0) is 65.2 Å². The summed E-state index contributed by atoms with van der Waals surface area (Å²) in [6, 6.07) is 7.99. The van der Waals surface area contributed by atoms with Crippen molar-refractivity contribution in [2.24, 2.45) is 5.41 Å². The standard InChI is InChI=1S/C31H47NO9/c1-8-29(9-2)19-31(39-20-30(21-40-31,26(33)35-10-3)27(34)36-11-4)18-28(6,7)32(29)41-22(5)23-12-14-24(15-13-23)37-16-25-17-38-25/h12-15,22,25H,8-11,16-21H2,1-7H3. The van der Waals surface area contributed by atoms with Gasteiger partial charge in [0, 0.05) is 18.4 Å². The van der Waals surface area contributed by atoms with Crippen molar-refractivity contribution in [2.75, 3.05) is 39.6 Å². The first-order valence-corrected chi connectivity index (χ1v) is 14.9. The van der Waals surface area contributed by atoms with Gasteiger partial charge < -0.3 is 28.4 Å². The fraction of sp³-hybridized carbons (Fsp3) is 0.742. The Morgan fingerprint density at radius 3 is 2.00 bits per heavy atom. The van der Waals surface area contributed by atoms with Crippen molar-refractivity contribution in [1.82, 2.24) is 5.06 Å². The SMILES string of the molecule is CCOC(=O)C1(C(=O)OCC)COC2(CC(C)(C)N(OC(C)c3ccc(OCC4CO4)cc3)C(CC)(CC)C2)OC1. The minimum absolute atomic E-state index is 0.141. The average molecular weight is 578 g/mol. The second-order valence-corrected chi connectivity index (χ2v) is 12.0. The van der Waals surface area contributed by atoms with Gasteiger partial charge in [-0.15, -0.1) is 0 Å². The van der Waals surface area contributed by atoms with Crippen LogP contribution < -0.4 is 4.74 Å². The second kappa shape index (κ2) is 12.6. The Morgan fingerprint density at radius 2 is 1.51 bits per heavy atom. The van der Waals surface area contributed by atoms with Gasteiger partial charge in [-0.25, -0.2) is 0 Å². The Bertz CT molecular complexity index is 1020. The molecule has 2 atom stereocenters. The number of piperidine rings is 1. The van der Waals surface area contributed by atoms with E-state index in [1.807, 2.05) is 31.2 Å². The molecule has 0 saturated carbocycles. The van der Waals surface area contributed by atoms with E-state index in [1.54, 1.807) is 13.8 Å². The summed E-state index contributed by atoms with van der Waals surface area (Å²) in [7, 11) is 0. The Morgan fingerprint density at radius 1 is 0.951 bits per heavy atom. The van der Waals surface area contributed by atoms with Crippen LogP contribution in [0.3, 0.4) is 0 Å². The van der Waals surface area contributed by atoms with Crippen molar-refractivity contribution in [3.63, 3.8) is 0 Å². The monoisotopic (exact) mass is 577 g/mol. The van der Waals surface area contributed by atoms with E-state index in [4.69, 9.17) is 33.3 Å². The molecule has 10 nitrogen and oxygen atoms in total. The molecule has 1 aromatic rings. The lowest BCUT2D eigenvalue weighted by atomic mass is 9.72. The quantitative estimate of drug-likeness (QED) is 0.196. The molecule has 230 valence electrons. The van der Waals surface area contributed by atoms with Crippen LogP contribution >= 0.6 is 0 Å². The first-order valence-electron chi connectivity index (χ1n) is 14.9. The zero-order valence-electron chi connectivity index (χ0n) is 25.7. The van der Waals surface area contributed by atoms with Crippen molar-refractivity contribution >= 4 is 11.9 Å². The smallest absolute Gasteiger partial charge is 0.328 e. The molecule has 3 saturated heterocycles. The number of nitrogens with zero attached hydrogens (tertiary/aromatic N) is 1. The summed E-state index contributed by atoms with van der Waals surface area (Å²) in [5.41, 5.74) is -1.53.